The van der Waals surface area contributed by atoms with E-state index in [0.29, 0.717) is 22.6 Å². The molecule has 1 aromatic carbocycles. The normalized spacial score (nSPS) is 11.1. The van der Waals surface area contributed by atoms with Gasteiger partial charge in [0.1, 0.15) is 12.4 Å². The Kier molecular flexibility index (Phi) is 4.32. The average molecular weight is 263 g/mol. The minimum absolute atomic E-state index is 0.0152. The molecule has 0 aliphatic carbocycles. The van der Waals surface area contributed by atoms with Crippen LogP contribution in [0.1, 0.15) is 10.4 Å². The molecule has 0 saturated carbocycles. The van der Waals surface area contributed by atoms with Crippen LogP contribution in [0.15, 0.2) is 18.2 Å². The van der Waals surface area contributed by atoms with Crippen LogP contribution in [0.2, 0.25) is 5.02 Å². The van der Waals surface area contributed by atoms with E-state index in [9.17, 15) is 13.2 Å². The fourth-order valence-corrected chi connectivity index (χ4v) is 1.61. The molecular formula is C10H11ClO4S. The maximum Gasteiger partial charge on any atom is 0.153 e. The average Bonchev–Trinajstić information content (AvgIpc) is 2.18. The number of benzene rings is 1. The second kappa shape index (κ2) is 5.32. The molecule has 0 heterocycles. The summed E-state index contributed by atoms with van der Waals surface area (Å²) in [6.45, 7) is 0.0152. The molecule has 0 fully saturated rings. The molecule has 0 saturated heterocycles. The maximum atomic E-state index is 10.9. The summed E-state index contributed by atoms with van der Waals surface area (Å²) < 4.78 is 26.9. The molecule has 0 radical (unpaired) electrons. The van der Waals surface area contributed by atoms with E-state index < -0.39 is 9.84 Å². The first-order valence-electron chi connectivity index (χ1n) is 4.47. The second-order valence-corrected chi connectivity index (χ2v) is 5.97. The maximum absolute atomic E-state index is 10.9. The minimum Gasteiger partial charge on any atom is -0.492 e. The number of hydrogen-bond acceptors (Lipinski definition) is 4. The Labute approximate surface area is 99.1 Å². The van der Waals surface area contributed by atoms with Crippen molar-refractivity contribution in [1.82, 2.24) is 0 Å². The van der Waals surface area contributed by atoms with Crippen LogP contribution < -0.4 is 4.74 Å². The predicted molar refractivity (Wildman–Crippen MR) is 62.0 cm³/mol. The third-order valence-electron chi connectivity index (χ3n) is 1.81. The highest BCUT2D eigenvalue weighted by Crippen LogP contribution is 2.21. The van der Waals surface area contributed by atoms with Crippen LogP contribution in [0.5, 0.6) is 5.75 Å². The first-order valence-corrected chi connectivity index (χ1v) is 6.91. The SMILES string of the molecule is CS(=O)(=O)CCOc1ccc(Cl)cc1C=O. The zero-order chi connectivity index (χ0) is 12.2. The molecule has 6 heteroatoms. The van der Waals surface area contributed by atoms with Gasteiger partial charge in [-0.3, -0.25) is 4.79 Å². The number of sulfone groups is 1. The van der Waals surface area contributed by atoms with Gasteiger partial charge in [-0.25, -0.2) is 8.42 Å². The van der Waals surface area contributed by atoms with E-state index in [1.807, 2.05) is 0 Å². The lowest BCUT2D eigenvalue weighted by Gasteiger charge is -2.07. The number of rotatable bonds is 5. The second-order valence-electron chi connectivity index (χ2n) is 3.28. The van der Waals surface area contributed by atoms with Gasteiger partial charge in [-0.1, -0.05) is 11.6 Å². The van der Waals surface area contributed by atoms with E-state index in [-0.39, 0.29) is 12.4 Å². The standard InChI is InChI=1S/C10H11ClO4S/c1-16(13,14)5-4-15-10-3-2-9(11)6-8(10)7-12/h2-3,6-7H,4-5H2,1H3. The molecule has 16 heavy (non-hydrogen) atoms. The Morgan fingerprint density at radius 3 is 2.69 bits per heavy atom. The smallest absolute Gasteiger partial charge is 0.153 e. The zero-order valence-electron chi connectivity index (χ0n) is 8.64. The van der Waals surface area contributed by atoms with Crippen LogP contribution in [-0.4, -0.2) is 33.3 Å². The first kappa shape index (κ1) is 13.0. The summed E-state index contributed by atoms with van der Waals surface area (Å²) in [4.78, 5) is 10.7. The first-order chi connectivity index (χ1) is 7.42. The highest BCUT2D eigenvalue weighted by atomic mass is 35.5. The van der Waals surface area contributed by atoms with Gasteiger partial charge in [-0.05, 0) is 18.2 Å². The molecule has 0 aromatic heterocycles. The number of halogens is 1. The Morgan fingerprint density at radius 1 is 1.44 bits per heavy atom. The highest BCUT2D eigenvalue weighted by Gasteiger charge is 2.06. The molecular weight excluding hydrogens is 252 g/mol. The topological polar surface area (TPSA) is 60.4 Å². The Morgan fingerprint density at radius 2 is 2.12 bits per heavy atom. The third kappa shape index (κ3) is 4.20. The minimum atomic E-state index is -3.06. The molecule has 0 unspecified atom stereocenters. The van der Waals surface area contributed by atoms with Gasteiger partial charge in [0, 0.05) is 11.3 Å². The van der Waals surface area contributed by atoms with Crippen LogP contribution in [-0.2, 0) is 9.84 Å². The lowest BCUT2D eigenvalue weighted by molar-refractivity contribution is 0.112. The van der Waals surface area contributed by atoms with Gasteiger partial charge >= 0.3 is 0 Å². The summed E-state index contributed by atoms with van der Waals surface area (Å²) >= 11 is 5.69. The largest absolute Gasteiger partial charge is 0.492 e. The van der Waals surface area contributed by atoms with E-state index in [0.717, 1.165) is 6.26 Å². The number of carbonyl (C=O) groups is 1. The lowest BCUT2D eigenvalue weighted by atomic mass is 10.2. The van der Waals surface area contributed by atoms with E-state index in [4.69, 9.17) is 16.3 Å². The van der Waals surface area contributed by atoms with E-state index >= 15 is 0 Å². The van der Waals surface area contributed by atoms with Crippen LogP contribution in [0.25, 0.3) is 0 Å². The third-order valence-corrected chi connectivity index (χ3v) is 2.95. The molecule has 0 aliphatic rings. The monoisotopic (exact) mass is 262 g/mol. The number of hydrogen-bond donors (Lipinski definition) is 0. The van der Waals surface area contributed by atoms with Crippen molar-refractivity contribution < 1.29 is 17.9 Å². The molecule has 88 valence electrons. The quantitative estimate of drug-likeness (QED) is 0.756. The van der Waals surface area contributed by atoms with Gasteiger partial charge < -0.3 is 4.74 Å². The summed E-state index contributed by atoms with van der Waals surface area (Å²) in [5.74, 6) is 0.247. The van der Waals surface area contributed by atoms with Crippen molar-refractivity contribution in [1.29, 1.82) is 0 Å². The van der Waals surface area contributed by atoms with Crippen molar-refractivity contribution in [2.24, 2.45) is 0 Å². The summed E-state index contributed by atoms with van der Waals surface area (Å²) in [7, 11) is -3.06. The number of aldehydes is 1. The molecule has 1 aromatic rings. The van der Waals surface area contributed by atoms with E-state index in [1.54, 1.807) is 6.07 Å². The summed E-state index contributed by atoms with van der Waals surface area (Å²) in [6.07, 6.45) is 1.74. The predicted octanol–water partition coefficient (Wildman–Crippen LogP) is 1.58. The molecule has 0 atom stereocenters. The Hall–Kier alpha value is -1.07. The van der Waals surface area contributed by atoms with Gasteiger partial charge in [-0.15, -0.1) is 0 Å². The van der Waals surface area contributed by atoms with Crippen LogP contribution >= 0.6 is 11.6 Å². The number of carbonyl (C=O) groups excluding carboxylic acids is 1. The molecule has 4 nitrogen and oxygen atoms in total. The van der Waals surface area contributed by atoms with Crippen molar-refractivity contribution in [2.75, 3.05) is 18.6 Å². The molecule has 0 N–H and O–H groups in total. The fraction of sp³-hybridized carbons (Fsp3) is 0.300. The Balaban J connectivity index is 2.70. The molecule has 0 spiro atoms. The molecule has 0 aliphatic heterocycles. The van der Waals surface area contributed by atoms with Crippen molar-refractivity contribution >= 4 is 27.7 Å². The van der Waals surface area contributed by atoms with Gasteiger partial charge in [-0.2, -0.15) is 0 Å². The molecule has 1 rings (SSSR count). The fourth-order valence-electron chi connectivity index (χ4n) is 1.05. The van der Waals surface area contributed by atoms with Crippen molar-refractivity contribution in [2.45, 2.75) is 0 Å². The van der Waals surface area contributed by atoms with Gasteiger partial charge in [0.2, 0.25) is 0 Å². The van der Waals surface area contributed by atoms with Gasteiger partial charge in [0.15, 0.2) is 16.1 Å². The van der Waals surface area contributed by atoms with E-state index in [1.165, 1.54) is 12.1 Å². The number of ether oxygens (including phenoxy) is 1. The highest BCUT2D eigenvalue weighted by molar-refractivity contribution is 7.90. The van der Waals surface area contributed by atoms with Crippen LogP contribution in [0.3, 0.4) is 0 Å². The summed E-state index contributed by atoms with van der Waals surface area (Å²) in [5, 5.41) is 0.428. The van der Waals surface area contributed by atoms with Crippen molar-refractivity contribution in [3.8, 4) is 5.75 Å². The van der Waals surface area contributed by atoms with Gasteiger partial charge in [0.25, 0.3) is 0 Å². The van der Waals surface area contributed by atoms with Gasteiger partial charge in [0.05, 0.1) is 11.3 Å². The van der Waals surface area contributed by atoms with Crippen LogP contribution in [0, 0.1) is 0 Å². The van der Waals surface area contributed by atoms with Crippen molar-refractivity contribution in [3.05, 3.63) is 28.8 Å². The summed E-state index contributed by atoms with van der Waals surface area (Å²) in [6, 6.07) is 4.57. The van der Waals surface area contributed by atoms with Crippen LogP contribution in [0.4, 0.5) is 0 Å². The lowest BCUT2D eigenvalue weighted by Crippen LogP contribution is -2.12. The van der Waals surface area contributed by atoms with E-state index in [2.05, 4.69) is 0 Å². The zero-order valence-corrected chi connectivity index (χ0v) is 10.2. The Bertz CT molecular complexity index is 482. The van der Waals surface area contributed by atoms with Crippen molar-refractivity contribution in [3.63, 3.8) is 0 Å². The summed E-state index contributed by atoms with van der Waals surface area (Å²) in [5.41, 5.74) is 0.306. The molecule has 0 bridgehead atoms. The molecule has 0 amide bonds.